The fraction of sp³-hybridized carbons (Fsp3) is 0.400. The number of nitrogens with zero attached hydrogens (tertiary/aromatic N) is 1. The fourth-order valence-electron chi connectivity index (χ4n) is 4.35. The summed E-state index contributed by atoms with van der Waals surface area (Å²) in [4.78, 5) is 17.4. The molecule has 3 heterocycles. The number of carbonyl (C=O) groups excluding carboxylic acids is 1. The molecule has 1 aliphatic rings. The van der Waals surface area contributed by atoms with Crippen molar-refractivity contribution in [3.05, 3.63) is 68.2 Å². The first kappa shape index (κ1) is 22.1. The number of methoxy groups -OCH3 is 1. The molecule has 1 aromatic carbocycles. The van der Waals surface area contributed by atoms with E-state index in [-0.39, 0.29) is 11.9 Å². The Balaban J connectivity index is 1.80. The number of aryl methyl sites for hydroxylation is 1. The Bertz CT molecular complexity index is 1030. The molecule has 3 aromatic rings. The van der Waals surface area contributed by atoms with Gasteiger partial charge in [0.1, 0.15) is 10.8 Å². The third-order valence-electron chi connectivity index (χ3n) is 6.29. The quantitative estimate of drug-likeness (QED) is 0.462. The molecule has 31 heavy (non-hydrogen) atoms. The number of rotatable bonds is 6. The Kier molecular flexibility index (Phi) is 6.80. The molecule has 0 aliphatic carbocycles. The molecule has 1 N–H and O–H groups in total. The van der Waals surface area contributed by atoms with Crippen LogP contribution < -0.4 is 10.1 Å². The van der Waals surface area contributed by atoms with Crippen LogP contribution in [0.2, 0.25) is 0 Å². The molecule has 1 aliphatic heterocycles. The van der Waals surface area contributed by atoms with E-state index < -0.39 is 0 Å². The minimum absolute atomic E-state index is 0.0384. The largest absolute Gasteiger partial charge is 0.496 e. The van der Waals surface area contributed by atoms with E-state index >= 15 is 0 Å². The zero-order chi connectivity index (χ0) is 22.0. The van der Waals surface area contributed by atoms with Gasteiger partial charge in [-0.2, -0.15) is 0 Å². The number of anilines is 1. The van der Waals surface area contributed by atoms with E-state index in [1.807, 2.05) is 29.6 Å². The highest BCUT2D eigenvalue weighted by Gasteiger charge is 2.33. The van der Waals surface area contributed by atoms with Crippen molar-refractivity contribution in [2.45, 2.75) is 39.7 Å². The van der Waals surface area contributed by atoms with Crippen LogP contribution >= 0.6 is 22.7 Å². The van der Waals surface area contributed by atoms with Crippen LogP contribution in [0.3, 0.4) is 0 Å². The normalized spacial score (nSPS) is 16.3. The van der Waals surface area contributed by atoms with Crippen LogP contribution in [0.25, 0.3) is 0 Å². The van der Waals surface area contributed by atoms with Crippen molar-refractivity contribution < 1.29 is 9.53 Å². The number of benzene rings is 1. The van der Waals surface area contributed by atoms with Crippen LogP contribution in [-0.4, -0.2) is 31.0 Å². The van der Waals surface area contributed by atoms with Gasteiger partial charge in [-0.1, -0.05) is 31.2 Å². The summed E-state index contributed by atoms with van der Waals surface area (Å²) >= 11 is 3.14. The molecule has 6 heteroatoms. The van der Waals surface area contributed by atoms with Crippen molar-refractivity contribution in [2.24, 2.45) is 5.92 Å². The van der Waals surface area contributed by atoms with Gasteiger partial charge in [-0.05, 0) is 68.8 Å². The number of amides is 1. The summed E-state index contributed by atoms with van der Waals surface area (Å²) < 4.78 is 5.78. The predicted octanol–water partition coefficient (Wildman–Crippen LogP) is 6.51. The lowest BCUT2D eigenvalue weighted by Gasteiger charge is -2.38. The summed E-state index contributed by atoms with van der Waals surface area (Å²) in [6.45, 7) is 8.73. The van der Waals surface area contributed by atoms with E-state index in [0.29, 0.717) is 0 Å². The number of piperidine rings is 1. The van der Waals surface area contributed by atoms with Gasteiger partial charge in [0.05, 0.1) is 18.0 Å². The maximum absolute atomic E-state index is 12.9. The van der Waals surface area contributed by atoms with Crippen molar-refractivity contribution >= 4 is 33.6 Å². The van der Waals surface area contributed by atoms with E-state index in [0.717, 1.165) is 40.2 Å². The summed E-state index contributed by atoms with van der Waals surface area (Å²) in [5, 5.41) is 6.12. The van der Waals surface area contributed by atoms with E-state index in [4.69, 9.17) is 4.74 Å². The molecular formula is C25H30N2O2S2. The molecule has 0 saturated carbocycles. The van der Waals surface area contributed by atoms with Gasteiger partial charge < -0.3 is 10.1 Å². The van der Waals surface area contributed by atoms with E-state index in [9.17, 15) is 4.79 Å². The third kappa shape index (κ3) is 4.56. The van der Waals surface area contributed by atoms with Crippen LogP contribution in [-0.2, 0) is 0 Å². The highest BCUT2D eigenvalue weighted by atomic mass is 32.1. The molecule has 164 valence electrons. The molecule has 4 rings (SSSR count). The first-order valence-electron chi connectivity index (χ1n) is 10.8. The fourth-order valence-corrected chi connectivity index (χ4v) is 6.06. The molecule has 0 radical (unpaired) electrons. The minimum Gasteiger partial charge on any atom is -0.496 e. The van der Waals surface area contributed by atoms with Crippen molar-refractivity contribution in [3.63, 3.8) is 0 Å². The average Bonchev–Trinajstić information content (AvgIpc) is 3.40. The standard InChI is InChI=1S/C25H30N2O2S2/c1-16-11-13-27(14-12-16)23(19-8-5-6-9-20(19)29-4)22-17(2)18(3)31-25(22)26-24(28)21-10-7-15-30-21/h5-10,15-16,23H,11-14H2,1-4H3,(H,26,28). The van der Waals surface area contributed by atoms with E-state index in [1.54, 1.807) is 18.4 Å². The number of para-hydroxylation sites is 1. The molecule has 4 nitrogen and oxygen atoms in total. The van der Waals surface area contributed by atoms with Crippen molar-refractivity contribution in [2.75, 3.05) is 25.5 Å². The highest BCUT2D eigenvalue weighted by Crippen LogP contribution is 2.45. The number of hydrogen-bond acceptors (Lipinski definition) is 5. The van der Waals surface area contributed by atoms with Crippen molar-refractivity contribution in [1.29, 1.82) is 0 Å². The van der Waals surface area contributed by atoms with Crippen molar-refractivity contribution in [3.8, 4) is 5.75 Å². The van der Waals surface area contributed by atoms with Gasteiger partial charge in [0.15, 0.2) is 0 Å². The first-order valence-corrected chi connectivity index (χ1v) is 12.5. The lowest BCUT2D eigenvalue weighted by molar-refractivity contribution is 0.103. The Hall–Kier alpha value is -2.15. The van der Waals surface area contributed by atoms with Gasteiger partial charge in [-0.3, -0.25) is 9.69 Å². The summed E-state index contributed by atoms with van der Waals surface area (Å²) in [5.74, 6) is 1.60. The molecule has 0 bridgehead atoms. The lowest BCUT2D eigenvalue weighted by Crippen LogP contribution is -2.37. The number of likely N-dealkylation sites (tertiary alicyclic amines) is 1. The van der Waals surface area contributed by atoms with Crippen LogP contribution in [0.15, 0.2) is 41.8 Å². The van der Waals surface area contributed by atoms with Gasteiger partial charge in [-0.25, -0.2) is 0 Å². The van der Waals surface area contributed by atoms with Crippen LogP contribution in [0.5, 0.6) is 5.75 Å². The maximum atomic E-state index is 12.9. The first-order chi connectivity index (χ1) is 15.0. The average molecular weight is 455 g/mol. The predicted molar refractivity (Wildman–Crippen MR) is 131 cm³/mol. The summed E-state index contributed by atoms with van der Waals surface area (Å²) in [7, 11) is 1.74. The van der Waals surface area contributed by atoms with Crippen molar-refractivity contribution in [1.82, 2.24) is 4.90 Å². The lowest BCUT2D eigenvalue weighted by atomic mass is 9.90. The zero-order valence-corrected chi connectivity index (χ0v) is 20.2. The van der Waals surface area contributed by atoms with Gasteiger partial charge in [0.25, 0.3) is 5.91 Å². The number of ether oxygens (including phenoxy) is 1. The SMILES string of the molecule is COc1ccccc1C(c1c(NC(=O)c2cccs2)sc(C)c1C)N1CCC(C)CC1. The number of carbonyl (C=O) groups is 1. The molecule has 0 spiro atoms. The summed E-state index contributed by atoms with van der Waals surface area (Å²) in [6, 6.07) is 12.1. The highest BCUT2D eigenvalue weighted by molar-refractivity contribution is 7.17. The summed E-state index contributed by atoms with van der Waals surface area (Å²) in [6.07, 6.45) is 2.37. The minimum atomic E-state index is -0.0384. The number of thiophene rings is 2. The Labute approximate surface area is 192 Å². The second kappa shape index (κ2) is 9.55. The molecule has 2 aromatic heterocycles. The molecule has 1 saturated heterocycles. The van der Waals surface area contributed by atoms with Crippen LogP contribution in [0.4, 0.5) is 5.00 Å². The monoisotopic (exact) mass is 454 g/mol. The summed E-state index contributed by atoms with van der Waals surface area (Å²) in [5.41, 5.74) is 3.61. The van der Waals surface area contributed by atoms with Crippen LogP contribution in [0, 0.1) is 19.8 Å². The second-order valence-electron chi connectivity index (χ2n) is 8.32. The maximum Gasteiger partial charge on any atom is 0.266 e. The van der Waals surface area contributed by atoms with Gasteiger partial charge >= 0.3 is 0 Å². The Morgan fingerprint density at radius 1 is 1.16 bits per heavy atom. The molecule has 1 amide bonds. The molecular weight excluding hydrogens is 424 g/mol. The zero-order valence-electron chi connectivity index (χ0n) is 18.6. The molecule has 1 unspecified atom stereocenters. The Morgan fingerprint density at radius 2 is 1.90 bits per heavy atom. The Morgan fingerprint density at radius 3 is 2.58 bits per heavy atom. The van der Waals surface area contributed by atoms with E-state index in [2.05, 4.69) is 43.1 Å². The molecule has 1 fully saturated rings. The second-order valence-corrected chi connectivity index (χ2v) is 10.5. The van der Waals surface area contributed by atoms with Gasteiger partial charge in [-0.15, -0.1) is 22.7 Å². The topological polar surface area (TPSA) is 41.6 Å². The third-order valence-corrected chi connectivity index (χ3v) is 8.30. The van der Waals surface area contributed by atoms with E-state index in [1.165, 1.54) is 40.2 Å². The van der Waals surface area contributed by atoms with Gasteiger partial charge in [0.2, 0.25) is 0 Å². The van der Waals surface area contributed by atoms with Gasteiger partial charge in [0, 0.05) is 16.0 Å². The smallest absolute Gasteiger partial charge is 0.266 e. The van der Waals surface area contributed by atoms with Crippen LogP contribution in [0.1, 0.15) is 57.0 Å². The molecule has 1 atom stereocenters. The number of nitrogens with one attached hydrogen (secondary N) is 1. The number of hydrogen-bond donors (Lipinski definition) is 1.